The van der Waals surface area contributed by atoms with E-state index in [0.717, 1.165) is 12.8 Å². The van der Waals surface area contributed by atoms with Gasteiger partial charge >= 0.3 is 0 Å². The lowest BCUT2D eigenvalue weighted by molar-refractivity contribution is -0.0598. The predicted molar refractivity (Wildman–Crippen MR) is 45.7 cm³/mol. The van der Waals surface area contributed by atoms with Crippen molar-refractivity contribution in [3.8, 4) is 0 Å². The number of nitrogens with two attached hydrogens (primary N) is 1. The maximum atomic E-state index is 9.56. The number of hydrogen-bond acceptors (Lipinski definition) is 5. The van der Waals surface area contributed by atoms with Gasteiger partial charge in [0.25, 0.3) is 0 Å². The molecule has 0 aromatic heterocycles. The molecule has 0 spiro atoms. The average Bonchev–Trinajstić information content (AvgIpc) is 2.32. The second kappa shape index (κ2) is 3.18. The Bertz CT molecular complexity index is 202. The van der Waals surface area contributed by atoms with E-state index in [2.05, 4.69) is 0 Å². The highest BCUT2D eigenvalue weighted by atomic mass is 16.4. The normalized spacial score (nSPS) is 52.2. The Kier molecular flexibility index (Phi) is 2.29. The van der Waals surface area contributed by atoms with Gasteiger partial charge in [0.2, 0.25) is 0 Å². The molecule has 2 rings (SSSR count). The van der Waals surface area contributed by atoms with Crippen molar-refractivity contribution >= 4 is 0 Å². The van der Waals surface area contributed by atoms with Crippen LogP contribution in [0.4, 0.5) is 0 Å². The summed E-state index contributed by atoms with van der Waals surface area (Å²) in [5, 5.41) is 28.5. The molecule has 0 aliphatic carbocycles. The Morgan fingerprint density at radius 1 is 1.08 bits per heavy atom. The van der Waals surface area contributed by atoms with Crippen molar-refractivity contribution < 1.29 is 15.3 Å². The van der Waals surface area contributed by atoms with Crippen molar-refractivity contribution in [1.29, 1.82) is 0 Å². The highest BCUT2D eigenvalue weighted by Crippen LogP contribution is 2.30. The van der Waals surface area contributed by atoms with E-state index in [4.69, 9.17) is 5.73 Å². The number of aliphatic hydroxyl groups excluding tert-OH is 3. The van der Waals surface area contributed by atoms with Crippen LogP contribution in [0.25, 0.3) is 0 Å². The minimum atomic E-state index is -1.05. The van der Waals surface area contributed by atoms with Gasteiger partial charge in [-0.25, -0.2) is 0 Å². The molecule has 5 N–H and O–H groups in total. The van der Waals surface area contributed by atoms with Gasteiger partial charge in [0, 0.05) is 18.6 Å². The first-order chi connectivity index (χ1) is 6.11. The van der Waals surface area contributed by atoms with E-state index in [9.17, 15) is 15.3 Å². The lowest BCUT2D eigenvalue weighted by Crippen LogP contribution is -2.50. The zero-order valence-electron chi connectivity index (χ0n) is 7.37. The maximum absolute atomic E-state index is 9.56. The van der Waals surface area contributed by atoms with E-state index in [0.29, 0.717) is 6.54 Å². The van der Waals surface area contributed by atoms with Crippen LogP contribution in [0.15, 0.2) is 0 Å². The van der Waals surface area contributed by atoms with Crippen LogP contribution in [0, 0.1) is 0 Å². The van der Waals surface area contributed by atoms with E-state index in [1.807, 2.05) is 0 Å². The van der Waals surface area contributed by atoms with Gasteiger partial charge in [0.05, 0.1) is 6.10 Å². The van der Waals surface area contributed by atoms with Crippen LogP contribution in [0.5, 0.6) is 0 Å². The number of piperidine rings is 1. The van der Waals surface area contributed by atoms with E-state index < -0.39 is 18.4 Å². The molecule has 76 valence electrons. The summed E-state index contributed by atoms with van der Waals surface area (Å²) in [5.74, 6) is 0. The first-order valence-electron chi connectivity index (χ1n) is 4.67. The van der Waals surface area contributed by atoms with Crippen LogP contribution in [0.3, 0.4) is 0 Å². The number of aliphatic hydroxyl groups is 3. The predicted octanol–water partition coefficient (Wildman–Crippen LogP) is -2.17. The molecular formula is C8H16N2O3. The molecule has 0 aromatic rings. The molecule has 2 aliphatic rings. The molecule has 2 fully saturated rings. The molecule has 5 atom stereocenters. The molecular weight excluding hydrogens is 172 g/mol. The first-order valence-corrected chi connectivity index (χ1v) is 4.67. The van der Waals surface area contributed by atoms with Crippen LogP contribution in [0.1, 0.15) is 12.8 Å². The van der Waals surface area contributed by atoms with Gasteiger partial charge in [-0.2, -0.15) is 0 Å². The summed E-state index contributed by atoms with van der Waals surface area (Å²) in [6, 6.07) is -0.0757. The maximum Gasteiger partial charge on any atom is 0.136 e. The average molecular weight is 188 g/mol. The highest BCUT2D eigenvalue weighted by Gasteiger charge is 2.48. The molecule has 0 aromatic carbocycles. The Morgan fingerprint density at radius 2 is 1.77 bits per heavy atom. The van der Waals surface area contributed by atoms with Crippen LogP contribution in [-0.4, -0.2) is 57.3 Å². The third-order valence-corrected chi connectivity index (χ3v) is 3.09. The van der Waals surface area contributed by atoms with Crippen molar-refractivity contribution in [3.63, 3.8) is 0 Å². The first kappa shape index (κ1) is 9.36. The fourth-order valence-corrected chi connectivity index (χ4v) is 2.32. The minimum Gasteiger partial charge on any atom is -0.389 e. The largest absolute Gasteiger partial charge is 0.389 e. The standard InChI is InChI=1S/C8H16N2O3/c9-4-1-2-5-6(11)7(12)8(13)10(5)3-4/h4-8,11-13H,1-3,9H2. The van der Waals surface area contributed by atoms with Gasteiger partial charge in [0.15, 0.2) is 0 Å². The van der Waals surface area contributed by atoms with Gasteiger partial charge in [-0.1, -0.05) is 0 Å². The molecule has 13 heavy (non-hydrogen) atoms. The molecule has 0 bridgehead atoms. The molecule has 0 radical (unpaired) electrons. The molecule has 0 saturated carbocycles. The Labute approximate surface area is 76.8 Å². The van der Waals surface area contributed by atoms with Crippen molar-refractivity contribution in [1.82, 2.24) is 4.90 Å². The van der Waals surface area contributed by atoms with Gasteiger partial charge < -0.3 is 21.1 Å². The van der Waals surface area contributed by atoms with Gasteiger partial charge in [-0.05, 0) is 12.8 Å². The molecule has 5 unspecified atom stereocenters. The lowest BCUT2D eigenvalue weighted by Gasteiger charge is -2.35. The number of fused-ring (bicyclic) bond motifs is 1. The van der Waals surface area contributed by atoms with E-state index in [-0.39, 0.29) is 12.1 Å². The monoisotopic (exact) mass is 188 g/mol. The quantitative estimate of drug-likeness (QED) is 0.347. The SMILES string of the molecule is NC1CCC2C(O)C(O)C(O)N2C1. The molecule has 5 heteroatoms. The Hall–Kier alpha value is -0.200. The molecule has 2 heterocycles. The smallest absolute Gasteiger partial charge is 0.136 e. The molecule has 2 saturated heterocycles. The number of hydrogen-bond donors (Lipinski definition) is 4. The summed E-state index contributed by atoms with van der Waals surface area (Å²) >= 11 is 0. The van der Waals surface area contributed by atoms with Crippen LogP contribution < -0.4 is 5.73 Å². The lowest BCUT2D eigenvalue weighted by atomic mass is 9.98. The second-order valence-electron chi connectivity index (χ2n) is 4.00. The fourth-order valence-electron chi connectivity index (χ4n) is 2.32. The fraction of sp³-hybridized carbons (Fsp3) is 1.00. The van der Waals surface area contributed by atoms with Crippen molar-refractivity contribution in [3.05, 3.63) is 0 Å². The van der Waals surface area contributed by atoms with Gasteiger partial charge in [0.1, 0.15) is 12.3 Å². The second-order valence-corrected chi connectivity index (χ2v) is 4.00. The Morgan fingerprint density at radius 3 is 2.46 bits per heavy atom. The van der Waals surface area contributed by atoms with Crippen LogP contribution >= 0.6 is 0 Å². The van der Waals surface area contributed by atoms with Crippen molar-refractivity contribution in [2.45, 2.75) is 43.4 Å². The summed E-state index contributed by atoms with van der Waals surface area (Å²) in [6.07, 6.45) is -1.24. The number of rotatable bonds is 0. The van der Waals surface area contributed by atoms with Crippen molar-refractivity contribution in [2.75, 3.05) is 6.54 Å². The van der Waals surface area contributed by atoms with Gasteiger partial charge in [-0.3, -0.25) is 4.90 Å². The molecule has 0 amide bonds. The third kappa shape index (κ3) is 1.37. The van der Waals surface area contributed by atoms with Crippen molar-refractivity contribution in [2.24, 2.45) is 5.73 Å². The Balaban J connectivity index is 2.13. The van der Waals surface area contributed by atoms with E-state index in [1.165, 1.54) is 0 Å². The molecule has 5 nitrogen and oxygen atoms in total. The summed E-state index contributed by atoms with van der Waals surface area (Å²) in [5.41, 5.74) is 5.73. The van der Waals surface area contributed by atoms with Gasteiger partial charge in [-0.15, -0.1) is 0 Å². The van der Waals surface area contributed by atoms with Crippen LogP contribution in [0.2, 0.25) is 0 Å². The number of nitrogens with zero attached hydrogens (tertiary/aromatic N) is 1. The van der Waals surface area contributed by atoms with E-state index >= 15 is 0 Å². The summed E-state index contributed by atoms with van der Waals surface area (Å²) in [6.45, 7) is 0.556. The zero-order valence-corrected chi connectivity index (χ0v) is 7.37. The third-order valence-electron chi connectivity index (χ3n) is 3.09. The molecule has 2 aliphatic heterocycles. The topological polar surface area (TPSA) is 90.0 Å². The summed E-state index contributed by atoms with van der Waals surface area (Å²) in [4.78, 5) is 1.70. The summed E-state index contributed by atoms with van der Waals surface area (Å²) < 4.78 is 0. The van der Waals surface area contributed by atoms with E-state index in [1.54, 1.807) is 4.90 Å². The summed E-state index contributed by atoms with van der Waals surface area (Å²) in [7, 11) is 0. The minimum absolute atomic E-state index is 0.0448. The highest BCUT2D eigenvalue weighted by molar-refractivity contribution is 5.00. The van der Waals surface area contributed by atoms with Crippen LogP contribution in [-0.2, 0) is 0 Å². The zero-order chi connectivity index (χ0) is 9.59.